The van der Waals surface area contributed by atoms with E-state index in [1.165, 1.54) is 24.5 Å². The minimum atomic E-state index is -0.173. The highest BCUT2D eigenvalue weighted by Gasteiger charge is 2.26. The van der Waals surface area contributed by atoms with Crippen molar-refractivity contribution in [2.45, 2.75) is 6.42 Å². The Bertz CT molecular complexity index is 810. The summed E-state index contributed by atoms with van der Waals surface area (Å²) in [5.74, 6) is 0.231. The molecule has 0 aliphatic carbocycles. The number of nitrogen functional groups attached to an aromatic ring is 1. The summed E-state index contributed by atoms with van der Waals surface area (Å²) in [4.78, 5) is 29.0. The van der Waals surface area contributed by atoms with Crippen LogP contribution in [0.25, 0.3) is 0 Å². The second-order valence-corrected chi connectivity index (χ2v) is 7.21. The molecule has 0 atom stereocenters. The Morgan fingerprint density at radius 2 is 1.85 bits per heavy atom. The van der Waals surface area contributed by atoms with E-state index < -0.39 is 0 Å². The number of carbonyl (C=O) groups is 2. The molecular weight excluding hydrogens is 374 g/mol. The fourth-order valence-corrected chi connectivity index (χ4v) is 3.76. The van der Waals surface area contributed by atoms with Crippen LogP contribution >= 0.6 is 22.9 Å². The molecule has 6 nitrogen and oxygen atoms in total. The summed E-state index contributed by atoms with van der Waals surface area (Å²) in [7, 11) is 1.49. The number of ether oxygens (including phenoxy) is 1. The lowest BCUT2D eigenvalue weighted by Gasteiger charge is -2.23. The molecule has 26 heavy (non-hydrogen) atoms. The van der Waals surface area contributed by atoms with Crippen molar-refractivity contribution in [1.82, 2.24) is 9.80 Å². The average Bonchev–Trinajstić information content (AvgIpc) is 3.07. The molecule has 2 heterocycles. The topological polar surface area (TPSA) is 75.9 Å². The van der Waals surface area contributed by atoms with Crippen LogP contribution in [0.5, 0.6) is 5.75 Å². The maximum absolute atomic E-state index is 12.9. The molecule has 1 aromatic heterocycles. The second kappa shape index (κ2) is 7.97. The SMILES string of the molecule is COc1cc(N)c(Cl)cc1C(=O)N1CCCN(C(=O)c2ccsc2)CC1. The molecule has 2 aromatic rings. The van der Waals surface area contributed by atoms with E-state index in [-0.39, 0.29) is 11.8 Å². The molecule has 1 aromatic carbocycles. The van der Waals surface area contributed by atoms with Gasteiger partial charge in [-0.2, -0.15) is 11.3 Å². The zero-order valence-corrected chi connectivity index (χ0v) is 16.0. The molecule has 1 aliphatic rings. The molecule has 2 N–H and O–H groups in total. The lowest BCUT2D eigenvalue weighted by molar-refractivity contribution is 0.0717. The van der Waals surface area contributed by atoms with E-state index in [9.17, 15) is 9.59 Å². The van der Waals surface area contributed by atoms with E-state index in [2.05, 4.69) is 0 Å². The third-order valence-corrected chi connectivity index (χ3v) is 5.40. The van der Waals surface area contributed by atoms with Gasteiger partial charge < -0.3 is 20.3 Å². The number of amides is 2. The summed E-state index contributed by atoms with van der Waals surface area (Å²) in [5, 5.41) is 4.05. The fourth-order valence-electron chi connectivity index (χ4n) is 2.97. The predicted octanol–water partition coefficient (Wildman–Crippen LogP) is 2.98. The van der Waals surface area contributed by atoms with Gasteiger partial charge in [-0.25, -0.2) is 0 Å². The summed E-state index contributed by atoms with van der Waals surface area (Å²) in [5.41, 5.74) is 7.23. The lowest BCUT2D eigenvalue weighted by atomic mass is 10.1. The number of methoxy groups -OCH3 is 1. The van der Waals surface area contributed by atoms with E-state index in [0.29, 0.717) is 60.2 Å². The highest BCUT2D eigenvalue weighted by atomic mass is 35.5. The normalized spacial score (nSPS) is 14.8. The fraction of sp³-hybridized carbons (Fsp3) is 0.333. The first-order valence-electron chi connectivity index (χ1n) is 8.25. The van der Waals surface area contributed by atoms with E-state index in [1.807, 2.05) is 16.8 Å². The van der Waals surface area contributed by atoms with E-state index in [4.69, 9.17) is 22.1 Å². The summed E-state index contributed by atoms with van der Waals surface area (Å²) in [6, 6.07) is 4.92. The molecule has 0 unspecified atom stereocenters. The van der Waals surface area contributed by atoms with E-state index in [0.717, 1.165) is 0 Å². The van der Waals surface area contributed by atoms with Crippen LogP contribution in [-0.4, -0.2) is 54.9 Å². The molecule has 1 fully saturated rings. The first-order chi connectivity index (χ1) is 12.5. The smallest absolute Gasteiger partial charge is 0.257 e. The number of nitrogens with two attached hydrogens (primary N) is 1. The van der Waals surface area contributed by atoms with Crippen molar-refractivity contribution in [3.05, 3.63) is 45.1 Å². The quantitative estimate of drug-likeness (QED) is 0.813. The van der Waals surface area contributed by atoms with Crippen molar-refractivity contribution < 1.29 is 14.3 Å². The van der Waals surface area contributed by atoms with Gasteiger partial charge >= 0.3 is 0 Å². The number of thiophene rings is 1. The Morgan fingerprint density at radius 1 is 1.15 bits per heavy atom. The van der Waals surface area contributed by atoms with Crippen LogP contribution in [-0.2, 0) is 0 Å². The number of halogens is 1. The van der Waals surface area contributed by atoms with Gasteiger partial charge in [-0.3, -0.25) is 9.59 Å². The summed E-state index contributed by atoms with van der Waals surface area (Å²) in [6.45, 7) is 2.14. The molecular formula is C18H20ClN3O3S. The standard InChI is InChI=1S/C18H20ClN3O3S/c1-25-16-10-15(20)14(19)9-13(16)18(24)22-5-2-4-21(6-7-22)17(23)12-3-8-26-11-12/h3,8-11H,2,4-7,20H2,1H3. The zero-order chi connectivity index (χ0) is 18.7. The van der Waals surface area contributed by atoms with Crippen LogP contribution in [0.4, 0.5) is 5.69 Å². The number of nitrogens with zero attached hydrogens (tertiary/aromatic N) is 2. The van der Waals surface area contributed by atoms with Gasteiger partial charge in [0.1, 0.15) is 5.75 Å². The van der Waals surface area contributed by atoms with Gasteiger partial charge in [-0.1, -0.05) is 11.6 Å². The average molecular weight is 394 g/mol. The van der Waals surface area contributed by atoms with Gasteiger partial charge in [0, 0.05) is 37.6 Å². The van der Waals surface area contributed by atoms with Gasteiger partial charge in [-0.15, -0.1) is 0 Å². The van der Waals surface area contributed by atoms with Crippen LogP contribution in [0.1, 0.15) is 27.1 Å². The van der Waals surface area contributed by atoms with Crippen LogP contribution in [0.3, 0.4) is 0 Å². The van der Waals surface area contributed by atoms with Gasteiger partial charge in [0.25, 0.3) is 11.8 Å². The van der Waals surface area contributed by atoms with Crippen molar-refractivity contribution in [3.8, 4) is 5.75 Å². The van der Waals surface area contributed by atoms with Gasteiger partial charge in [0.15, 0.2) is 0 Å². The van der Waals surface area contributed by atoms with Crippen molar-refractivity contribution in [2.24, 2.45) is 0 Å². The third kappa shape index (κ3) is 3.78. The number of carbonyl (C=O) groups excluding carboxylic acids is 2. The predicted molar refractivity (Wildman–Crippen MR) is 103 cm³/mol. The largest absolute Gasteiger partial charge is 0.496 e. The van der Waals surface area contributed by atoms with E-state index in [1.54, 1.807) is 15.9 Å². The van der Waals surface area contributed by atoms with Crippen molar-refractivity contribution >= 4 is 40.4 Å². The number of anilines is 1. The lowest BCUT2D eigenvalue weighted by Crippen LogP contribution is -2.37. The van der Waals surface area contributed by atoms with Gasteiger partial charge in [0.2, 0.25) is 0 Å². The van der Waals surface area contributed by atoms with Gasteiger partial charge in [-0.05, 0) is 23.9 Å². The maximum atomic E-state index is 12.9. The highest BCUT2D eigenvalue weighted by Crippen LogP contribution is 2.30. The number of rotatable bonds is 3. The Hall–Kier alpha value is -2.25. The molecule has 0 spiro atoms. The molecule has 0 saturated carbocycles. The third-order valence-electron chi connectivity index (χ3n) is 4.39. The first kappa shape index (κ1) is 18.5. The molecule has 1 saturated heterocycles. The Balaban J connectivity index is 1.74. The van der Waals surface area contributed by atoms with Crippen LogP contribution in [0.15, 0.2) is 29.0 Å². The zero-order valence-electron chi connectivity index (χ0n) is 14.4. The molecule has 138 valence electrons. The Morgan fingerprint density at radius 3 is 2.46 bits per heavy atom. The number of benzene rings is 1. The van der Waals surface area contributed by atoms with Crippen LogP contribution < -0.4 is 10.5 Å². The minimum Gasteiger partial charge on any atom is -0.496 e. The molecule has 1 aliphatic heterocycles. The van der Waals surface area contributed by atoms with Crippen molar-refractivity contribution in [1.29, 1.82) is 0 Å². The molecule has 0 bridgehead atoms. The molecule has 0 radical (unpaired) electrons. The first-order valence-corrected chi connectivity index (χ1v) is 9.57. The summed E-state index contributed by atoms with van der Waals surface area (Å²) in [6.07, 6.45) is 0.715. The minimum absolute atomic E-state index is 0.00802. The molecule has 2 amide bonds. The Labute approximate surface area is 161 Å². The van der Waals surface area contributed by atoms with Gasteiger partial charge in [0.05, 0.1) is 28.9 Å². The van der Waals surface area contributed by atoms with E-state index >= 15 is 0 Å². The van der Waals surface area contributed by atoms with Crippen LogP contribution in [0, 0.1) is 0 Å². The Kier molecular flexibility index (Phi) is 5.68. The summed E-state index contributed by atoms with van der Waals surface area (Å²) >= 11 is 7.57. The highest BCUT2D eigenvalue weighted by molar-refractivity contribution is 7.08. The van der Waals surface area contributed by atoms with Crippen molar-refractivity contribution in [3.63, 3.8) is 0 Å². The molecule has 3 rings (SSSR count). The number of hydrogen-bond donors (Lipinski definition) is 1. The summed E-state index contributed by atoms with van der Waals surface area (Å²) < 4.78 is 5.28. The molecule has 8 heteroatoms. The number of hydrogen-bond acceptors (Lipinski definition) is 5. The van der Waals surface area contributed by atoms with Crippen LogP contribution in [0.2, 0.25) is 5.02 Å². The maximum Gasteiger partial charge on any atom is 0.257 e. The second-order valence-electron chi connectivity index (χ2n) is 6.02. The monoisotopic (exact) mass is 393 g/mol. The van der Waals surface area contributed by atoms with Crippen molar-refractivity contribution in [2.75, 3.05) is 39.0 Å².